The van der Waals surface area contributed by atoms with Crippen molar-refractivity contribution in [2.24, 2.45) is 11.1 Å². The molecule has 2 aliphatic rings. The van der Waals surface area contributed by atoms with E-state index in [2.05, 4.69) is 56.8 Å². The summed E-state index contributed by atoms with van der Waals surface area (Å²) in [7, 11) is 0. The molecule has 1 aromatic carbocycles. The first kappa shape index (κ1) is 22.4. The van der Waals surface area contributed by atoms with E-state index in [0.29, 0.717) is 5.92 Å². The highest BCUT2D eigenvalue weighted by atomic mass is 32.1. The van der Waals surface area contributed by atoms with Crippen molar-refractivity contribution >= 4 is 27.0 Å². The second-order valence-electron chi connectivity index (χ2n) is 9.57. The molecule has 0 saturated heterocycles. The van der Waals surface area contributed by atoms with Crippen molar-refractivity contribution in [3.05, 3.63) is 76.3 Å². The van der Waals surface area contributed by atoms with E-state index in [9.17, 15) is 4.91 Å². The number of benzene rings is 1. The van der Waals surface area contributed by atoms with E-state index < -0.39 is 0 Å². The standard InChI is InChI=1S/C28H33N3OS/c32-30-27(22-7-2-1-3-8-22)25(26-11-4-5-16-29-26)14-19-31-17-12-21(13-18-31)24-10-6-9-23-15-20-33-28(23)24/h4-6,9-12,15-16,20,22,25,27H,1-3,7-8,13-14,17-19H2. The molecule has 4 nitrogen and oxygen atoms in total. The van der Waals surface area contributed by atoms with Crippen LogP contribution in [0.3, 0.4) is 0 Å². The molecule has 2 unspecified atom stereocenters. The van der Waals surface area contributed by atoms with Crippen molar-refractivity contribution in [2.45, 2.75) is 56.9 Å². The smallest absolute Gasteiger partial charge is 0.103 e. The van der Waals surface area contributed by atoms with Gasteiger partial charge in [-0.3, -0.25) is 9.88 Å². The van der Waals surface area contributed by atoms with Gasteiger partial charge in [0.2, 0.25) is 0 Å². The number of thiophene rings is 1. The van der Waals surface area contributed by atoms with Crippen molar-refractivity contribution in [1.29, 1.82) is 0 Å². The Morgan fingerprint density at radius 2 is 2.00 bits per heavy atom. The van der Waals surface area contributed by atoms with Gasteiger partial charge >= 0.3 is 0 Å². The zero-order valence-electron chi connectivity index (χ0n) is 19.2. The molecule has 0 radical (unpaired) electrons. The summed E-state index contributed by atoms with van der Waals surface area (Å²) < 4.78 is 1.40. The minimum Gasteiger partial charge on any atom is -0.299 e. The van der Waals surface area contributed by atoms with Gasteiger partial charge in [0.1, 0.15) is 6.04 Å². The first-order valence-corrected chi connectivity index (χ1v) is 13.3. The van der Waals surface area contributed by atoms with Gasteiger partial charge in [0.25, 0.3) is 0 Å². The minimum atomic E-state index is -0.160. The van der Waals surface area contributed by atoms with Gasteiger partial charge in [0.05, 0.1) is 0 Å². The molecule has 1 fully saturated rings. The maximum absolute atomic E-state index is 12.1. The number of aromatic nitrogens is 1. The van der Waals surface area contributed by atoms with Gasteiger partial charge in [-0.2, -0.15) is 4.91 Å². The van der Waals surface area contributed by atoms with Crippen LogP contribution in [0.2, 0.25) is 0 Å². The Labute approximate surface area is 200 Å². The minimum absolute atomic E-state index is 0.108. The van der Waals surface area contributed by atoms with Gasteiger partial charge < -0.3 is 0 Å². The summed E-state index contributed by atoms with van der Waals surface area (Å²) in [6.45, 7) is 3.01. The number of pyridine rings is 1. The first-order valence-electron chi connectivity index (χ1n) is 12.4. The first-order chi connectivity index (χ1) is 16.3. The van der Waals surface area contributed by atoms with Crippen molar-refractivity contribution in [1.82, 2.24) is 9.88 Å². The summed E-state index contributed by atoms with van der Waals surface area (Å²) in [6, 6.07) is 14.8. The summed E-state index contributed by atoms with van der Waals surface area (Å²) in [5.41, 5.74) is 3.90. The lowest BCUT2D eigenvalue weighted by molar-refractivity contribution is 0.240. The molecule has 5 rings (SSSR count). The fraction of sp³-hybridized carbons (Fsp3) is 0.464. The zero-order valence-corrected chi connectivity index (χ0v) is 20.1. The molecule has 2 atom stereocenters. The molecule has 0 N–H and O–H groups in total. The van der Waals surface area contributed by atoms with E-state index >= 15 is 0 Å². The second-order valence-corrected chi connectivity index (χ2v) is 10.5. The van der Waals surface area contributed by atoms with Crippen LogP contribution in [0.1, 0.15) is 62.1 Å². The normalized spacial score (nSPS) is 19.8. The molecule has 5 heteroatoms. The van der Waals surface area contributed by atoms with Crippen molar-refractivity contribution in [2.75, 3.05) is 19.6 Å². The predicted octanol–water partition coefficient (Wildman–Crippen LogP) is 7.27. The van der Waals surface area contributed by atoms with E-state index in [1.807, 2.05) is 29.7 Å². The lowest BCUT2D eigenvalue weighted by Crippen LogP contribution is -2.34. The molecule has 0 spiro atoms. The topological polar surface area (TPSA) is 45.6 Å². The van der Waals surface area contributed by atoms with Crippen LogP contribution in [0.4, 0.5) is 0 Å². The Morgan fingerprint density at radius 1 is 1.09 bits per heavy atom. The fourth-order valence-corrected chi connectivity index (χ4v) is 6.73. The number of fused-ring (bicyclic) bond motifs is 1. The van der Waals surface area contributed by atoms with E-state index in [1.54, 1.807) is 0 Å². The Balaban J connectivity index is 1.28. The monoisotopic (exact) mass is 459 g/mol. The summed E-state index contributed by atoms with van der Waals surface area (Å²) in [6.07, 6.45) is 12.3. The Hall–Kier alpha value is -2.37. The SMILES string of the molecule is O=NC(C1CCCCC1)C(CCN1CC=C(c2cccc3ccsc23)CC1)c1ccccn1. The third kappa shape index (κ3) is 5.10. The Morgan fingerprint density at radius 3 is 2.76 bits per heavy atom. The van der Waals surface area contributed by atoms with E-state index in [4.69, 9.17) is 0 Å². The van der Waals surface area contributed by atoms with Gasteiger partial charge in [0, 0.05) is 35.6 Å². The van der Waals surface area contributed by atoms with Crippen LogP contribution < -0.4 is 0 Å². The number of nitroso groups, excluding NO2 is 1. The largest absolute Gasteiger partial charge is 0.299 e. The highest BCUT2D eigenvalue weighted by Gasteiger charge is 2.33. The van der Waals surface area contributed by atoms with Gasteiger partial charge in [0.15, 0.2) is 0 Å². The second kappa shape index (κ2) is 10.7. The molecular weight excluding hydrogens is 426 g/mol. The van der Waals surface area contributed by atoms with Crippen molar-refractivity contribution in [3.8, 4) is 0 Å². The van der Waals surface area contributed by atoms with Gasteiger partial charge in [-0.15, -0.1) is 11.3 Å². The van der Waals surface area contributed by atoms with Crippen LogP contribution in [0.15, 0.2) is 65.3 Å². The van der Waals surface area contributed by atoms with Crippen molar-refractivity contribution < 1.29 is 0 Å². The molecule has 33 heavy (non-hydrogen) atoms. The Bertz CT molecular complexity index is 1090. The van der Waals surface area contributed by atoms with Crippen LogP contribution >= 0.6 is 11.3 Å². The lowest BCUT2D eigenvalue weighted by Gasteiger charge is -2.33. The van der Waals surface area contributed by atoms with Crippen LogP contribution in [-0.4, -0.2) is 35.6 Å². The van der Waals surface area contributed by atoms with E-state index in [0.717, 1.165) is 51.0 Å². The summed E-state index contributed by atoms with van der Waals surface area (Å²) in [4.78, 5) is 19.2. The zero-order chi connectivity index (χ0) is 22.5. The number of hydrogen-bond donors (Lipinski definition) is 0. The van der Waals surface area contributed by atoms with Crippen LogP contribution in [0.5, 0.6) is 0 Å². The average molecular weight is 460 g/mol. The van der Waals surface area contributed by atoms with Crippen LogP contribution in [0.25, 0.3) is 15.7 Å². The summed E-state index contributed by atoms with van der Waals surface area (Å²) in [5, 5.41) is 7.24. The maximum Gasteiger partial charge on any atom is 0.103 e. The quantitative estimate of drug-likeness (QED) is 0.333. The van der Waals surface area contributed by atoms with Gasteiger partial charge in [-0.05, 0) is 78.2 Å². The number of rotatable bonds is 8. The molecule has 172 valence electrons. The summed E-state index contributed by atoms with van der Waals surface area (Å²) in [5.74, 6) is 0.513. The van der Waals surface area contributed by atoms with E-state index in [1.165, 1.54) is 40.5 Å². The maximum atomic E-state index is 12.1. The highest BCUT2D eigenvalue weighted by Crippen LogP contribution is 2.37. The molecule has 0 bridgehead atoms. The third-order valence-electron chi connectivity index (χ3n) is 7.61. The highest BCUT2D eigenvalue weighted by molar-refractivity contribution is 7.17. The molecule has 1 saturated carbocycles. The Kier molecular flexibility index (Phi) is 7.27. The summed E-state index contributed by atoms with van der Waals surface area (Å²) >= 11 is 1.84. The molecule has 0 amide bonds. The molecular formula is C28H33N3OS. The molecule has 1 aliphatic carbocycles. The molecule has 1 aliphatic heterocycles. The molecule has 3 aromatic rings. The molecule has 2 aromatic heterocycles. The van der Waals surface area contributed by atoms with Crippen LogP contribution in [-0.2, 0) is 0 Å². The third-order valence-corrected chi connectivity index (χ3v) is 8.57. The van der Waals surface area contributed by atoms with Gasteiger partial charge in [-0.25, -0.2) is 0 Å². The average Bonchev–Trinajstić information content (AvgIpc) is 3.37. The number of nitrogens with zero attached hydrogens (tertiary/aromatic N) is 3. The molecule has 3 heterocycles. The number of hydrogen-bond acceptors (Lipinski definition) is 5. The predicted molar refractivity (Wildman–Crippen MR) is 139 cm³/mol. The van der Waals surface area contributed by atoms with Crippen LogP contribution in [0, 0.1) is 10.8 Å². The van der Waals surface area contributed by atoms with Crippen molar-refractivity contribution in [3.63, 3.8) is 0 Å². The lowest BCUT2D eigenvalue weighted by atomic mass is 9.77. The fourth-order valence-electron chi connectivity index (χ4n) is 5.78. The van der Waals surface area contributed by atoms with E-state index in [-0.39, 0.29) is 12.0 Å². The van der Waals surface area contributed by atoms with Gasteiger partial charge in [-0.1, -0.05) is 54.8 Å².